The van der Waals surface area contributed by atoms with Crippen LogP contribution in [0.4, 0.5) is 10.1 Å². The third-order valence-corrected chi connectivity index (χ3v) is 6.69. The van der Waals surface area contributed by atoms with E-state index in [1.165, 1.54) is 25.1 Å². The SMILES string of the molecule is CC(=O)Nc1ccc(C(=O)N(CCCN)CC(C)Cc2oc3cc(F)ccc3c(=O)c2Cc2ccccc2)cc1. The second kappa shape index (κ2) is 13.2. The van der Waals surface area contributed by atoms with Crippen LogP contribution in [0.2, 0.25) is 0 Å². The van der Waals surface area contributed by atoms with E-state index in [0.29, 0.717) is 66.9 Å². The van der Waals surface area contributed by atoms with Gasteiger partial charge in [0.25, 0.3) is 5.91 Å². The van der Waals surface area contributed by atoms with Crippen molar-refractivity contribution >= 4 is 28.5 Å². The third-order valence-electron chi connectivity index (χ3n) is 6.69. The number of amides is 2. The van der Waals surface area contributed by atoms with Gasteiger partial charge in [-0.2, -0.15) is 0 Å². The molecule has 0 aliphatic rings. The number of nitrogens with two attached hydrogens (primary N) is 1. The number of carbonyl (C=O) groups is 2. The summed E-state index contributed by atoms with van der Waals surface area (Å²) in [7, 11) is 0. The predicted octanol–water partition coefficient (Wildman–Crippen LogP) is 5.15. The minimum atomic E-state index is -0.478. The predicted molar refractivity (Wildman–Crippen MR) is 155 cm³/mol. The molecule has 1 unspecified atom stereocenters. The molecule has 0 spiro atoms. The van der Waals surface area contributed by atoms with E-state index < -0.39 is 5.82 Å². The van der Waals surface area contributed by atoms with Crippen LogP contribution in [0.15, 0.2) is 82.0 Å². The molecule has 3 N–H and O–H groups in total. The van der Waals surface area contributed by atoms with Crippen molar-refractivity contribution in [1.82, 2.24) is 4.90 Å². The number of nitrogens with one attached hydrogen (secondary N) is 1. The number of rotatable bonds is 11. The Morgan fingerprint density at radius 2 is 1.77 bits per heavy atom. The van der Waals surface area contributed by atoms with E-state index >= 15 is 0 Å². The molecule has 4 aromatic rings. The summed E-state index contributed by atoms with van der Waals surface area (Å²) in [4.78, 5) is 40.0. The zero-order valence-electron chi connectivity index (χ0n) is 22.8. The van der Waals surface area contributed by atoms with Gasteiger partial charge in [0.05, 0.1) is 5.39 Å². The second-order valence-corrected chi connectivity index (χ2v) is 10.1. The van der Waals surface area contributed by atoms with Crippen molar-refractivity contribution in [2.75, 3.05) is 25.0 Å². The number of fused-ring (bicyclic) bond motifs is 1. The Morgan fingerprint density at radius 3 is 2.45 bits per heavy atom. The lowest BCUT2D eigenvalue weighted by atomic mass is 9.96. The van der Waals surface area contributed by atoms with Gasteiger partial charge in [0.2, 0.25) is 5.91 Å². The quantitative estimate of drug-likeness (QED) is 0.272. The molecule has 208 valence electrons. The van der Waals surface area contributed by atoms with Gasteiger partial charge in [-0.1, -0.05) is 37.3 Å². The Balaban J connectivity index is 1.60. The Hall–Kier alpha value is -4.30. The highest BCUT2D eigenvalue weighted by Crippen LogP contribution is 2.23. The van der Waals surface area contributed by atoms with Gasteiger partial charge in [-0.25, -0.2) is 4.39 Å². The summed E-state index contributed by atoms with van der Waals surface area (Å²) in [5.74, 6) is -0.406. The molecule has 1 aromatic heterocycles. The van der Waals surface area contributed by atoms with Crippen molar-refractivity contribution in [3.63, 3.8) is 0 Å². The van der Waals surface area contributed by atoms with Gasteiger partial charge < -0.3 is 20.4 Å². The van der Waals surface area contributed by atoms with Crippen LogP contribution >= 0.6 is 0 Å². The van der Waals surface area contributed by atoms with Crippen molar-refractivity contribution in [3.05, 3.63) is 111 Å². The van der Waals surface area contributed by atoms with Crippen LogP contribution in [0.3, 0.4) is 0 Å². The zero-order chi connectivity index (χ0) is 28.6. The minimum Gasteiger partial charge on any atom is -0.460 e. The number of hydrogen-bond donors (Lipinski definition) is 2. The average molecular weight is 544 g/mol. The molecule has 1 heterocycles. The van der Waals surface area contributed by atoms with Crippen molar-refractivity contribution in [1.29, 1.82) is 0 Å². The van der Waals surface area contributed by atoms with E-state index in [4.69, 9.17) is 10.2 Å². The first-order chi connectivity index (χ1) is 19.2. The molecule has 40 heavy (non-hydrogen) atoms. The highest BCUT2D eigenvalue weighted by molar-refractivity contribution is 5.95. The zero-order valence-corrected chi connectivity index (χ0v) is 22.8. The van der Waals surface area contributed by atoms with Gasteiger partial charge in [0.15, 0.2) is 5.43 Å². The summed E-state index contributed by atoms with van der Waals surface area (Å²) in [6.07, 6.45) is 1.40. The molecule has 1 atom stereocenters. The molecule has 0 saturated carbocycles. The van der Waals surface area contributed by atoms with E-state index in [-0.39, 0.29) is 28.7 Å². The first-order valence-electron chi connectivity index (χ1n) is 13.4. The van der Waals surface area contributed by atoms with E-state index in [1.807, 2.05) is 37.3 Å². The Morgan fingerprint density at radius 1 is 1.05 bits per heavy atom. The molecule has 2 amide bonds. The van der Waals surface area contributed by atoms with E-state index in [9.17, 15) is 18.8 Å². The number of anilines is 1. The van der Waals surface area contributed by atoms with Crippen molar-refractivity contribution in [2.24, 2.45) is 11.7 Å². The fraction of sp³-hybridized carbons (Fsp3) is 0.281. The first kappa shape index (κ1) is 28.7. The monoisotopic (exact) mass is 543 g/mol. The highest BCUT2D eigenvalue weighted by Gasteiger charge is 2.22. The lowest BCUT2D eigenvalue weighted by Crippen LogP contribution is -2.37. The molecule has 0 fully saturated rings. The molecule has 0 aliphatic carbocycles. The van der Waals surface area contributed by atoms with Crippen LogP contribution < -0.4 is 16.5 Å². The van der Waals surface area contributed by atoms with Crippen LogP contribution in [0.5, 0.6) is 0 Å². The largest absolute Gasteiger partial charge is 0.460 e. The van der Waals surface area contributed by atoms with E-state index in [1.54, 1.807) is 29.2 Å². The molecule has 0 radical (unpaired) electrons. The maximum atomic E-state index is 14.0. The molecular weight excluding hydrogens is 509 g/mol. The minimum absolute atomic E-state index is 0.0796. The van der Waals surface area contributed by atoms with Gasteiger partial charge in [0.1, 0.15) is 17.2 Å². The standard InChI is InChI=1S/C32H34FN3O4/c1-21(20-36(16-6-15-34)32(39)24-9-12-26(13-10-24)35-22(2)37)17-29-28(18-23-7-4-3-5-8-23)31(38)27-14-11-25(33)19-30(27)40-29/h3-5,7-14,19,21H,6,15-18,20,34H2,1-2H3,(H,35,37). The molecule has 0 saturated heterocycles. The van der Waals surface area contributed by atoms with Crippen molar-refractivity contribution in [3.8, 4) is 0 Å². The molecule has 0 bridgehead atoms. The van der Waals surface area contributed by atoms with Gasteiger partial charge >= 0.3 is 0 Å². The van der Waals surface area contributed by atoms with Gasteiger partial charge in [-0.3, -0.25) is 14.4 Å². The molecule has 4 rings (SSSR count). The van der Waals surface area contributed by atoms with E-state index in [2.05, 4.69) is 5.32 Å². The van der Waals surface area contributed by atoms with Crippen molar-refractivity contribution in [2.45, 2.75) is 33.1 Å². The fourth-order valence-electron chi connectivity index (χ4n) is 4.79. The number of hydrogen-bond acceptors (Lipinski definition) is 5. The fourth-order valence-corrected chi connectivity index (χ4v) is 4.79. The molecule has 8 heteroatoms. The molecule has 7 nitrogen and oxygen atoms in total. The first-order valence-corrected chi connectivity index (χ1v) is 13.4. The lowest BCUT2D eigenvalue weighted by Gasteiger charge is -2.26. The van der Waals surface area contributed by atoms with Crippen LogP contribution in [-0.2, 0) is 17.6 Å². The number of nitrogens with zero attached hydrogens (tertiary/aromatic N) is 1. The summed E-state index contributed by atoms with van der Waals surface area (Å²) in [5, 5.41) is 3.04. The summed E-state index contributed by atoms with van der Waals surface area (Å²) >= 11 is 0. The average Bonchev–Trinajstić information content (AvgIpc) is 2.93. The smallest absolute Gasteiger partial charge is 0.253 e. The van der Waals surface area contributed by atoms with Gasteiger partial charge in [0, 0.05) is 55.7 Å². The maximum absolute atomic E-state index is 14.0. The van der Waals surface area contributed by atoms with Crippen LogP contribution in [0.25, 0.3) is 11.0 Å². The Labute approximate surface area is 232 Å². The lowest BCUT2D eigenvalue weighted by molar-refractivity contribution is -0.114. The Bertz CT molecular complexity index is 1530. The number of benzene rings is 3. The maximum Gasteiger partial charge on any atom is 0.253 e. The summed E-state index contributed by atoms with van der Waals surface area (Å²) in [6, 6.07) is 20.4. The van der Waals surface area contributed by atoms with Crippen LogP contribution in [-0.4, -0.2) is 36.3 Å². The molecule has 3 aromatic carbocycles. The normalized spacial score (nSPS) is 11.8. The van der Waals surface area contributed by atoms with Crippen LogP contribution in [0, 0.1) is 11.7 Å². The van der Waals surface area contributed by atoms with Crippen LogP contribution in [0.1, 0.15) is 47.5 Å². The van der Waals surface area contributed by atoms with Gasteiger partial charge in [-0.15, -0.1) is 0 Å². The summed E-state index contributed by atoms with van der Waals surface area (Å²) in [6.45, 7) is 4.73. The number of halogens is 1. The van der Waals surface area contributed by atoms with E-state index in [0.717, 1.165) is 5.56 Å². The highest BCUT2D eigenvalue weighted by atomic mass is 19.1. The van der Waals surface area contributed by atoms with Crippen molar-refractivity contribution < 1.29 is 18.4 Å². The topological polar surface area (TPSA) is 106 Å². The Kier molecular flexibility index (Phi) is 9.45. The second-order valence-electron chi connectivity index (χ2n) is 10.1. The van der Waals surface area contributed by atoms with Gasteiger partial charge in [-0.05, 0) is 60.8 Å². The third kappa shape index (κ3) is 7.21. The number of carbonyl (C=O) groups excluding carboxylic acids is 2. The summed E-state index contributed by atoms with van der Waals surface area (Å²) < 4.78 is 20.2. The summed E-state index contributed by atoms with van der Waals surface area (Å²) in [5.41, 5.74) is 8.39. The molecule has 0 aliphatic heterocycles. The molecular formula is C32H34FN3O4.